The molecule has 0 aliphatic heterocycles. The Bertz CT molecular complexity index is 562. The summed E-state index contributed by atoms with van der Waals surface area (Å²) in [5.41, 5.74) is 5.33. The van der Waals surface area contributed by atoms with Crippen molar-refractivity contribution in [1.29, 1.82) is 5.26 Å². The van der Waals surface area contributed by atoms with Crippen molar-refractivity contribution >= 4 is 5.69 Å². The quantitative estimate of drug-likeness (QED) is 0.843. The van der Waals surface area contributed by atoms with Gasteiger partial charge in [0, 0.05) is 12.7 Å². The van der Waals surface area contributed by atoms with Crippen LogP contribution in [0.2, 0.25) is 0 Å². The molecule has 0 saturated carbocycles. The molecule has 0 aliphatic rings. The van der Waals surface area contributed by atoms with E-state index in [0.29, 0.717) is 5.56 Å². The molecule has 0 amide bonds. The Labute approximate surface area is 102 Å². The van der Waals surface area contributed by atoms with E-state index in [4.69, 9.17) is 5.26 Å². The number of nitrogens with one attached hydrogen (secondary N) is 1. The van der Waals surface area contributed by atoms with Crippen molar-refractivity contribution in [2.45, 2.75) is 6.92 Å². The van der Waals surface area contributed by atoms with Crippen LogP contribution in [0.4, 0.5) is 5.69 Å². The van der Waals surface area contributed by atoms with Gasteiger partial charge in [-0.1, -0.05) is 24.3 Å². The summed E-state index contributed by atoms with van der Waals surface area (Å²) in [6.45, 7) is 2.08. The summed E-state index contributed by atoms with van der Waals surface area (Å²) >= 11 is 0. The lowest BCUT2D eigenvalue weighted by atomic mass is 10.0. The Morgan fingerprint density at radius 1 is 1.00 bits per heavy atom. The monoisotopic (exact) mass is 222 g/mol. The lowest BCUT2D eigenvalue weighted by Gasteiger charge is -2.08. The number of rotatable bonds is 2. The van der Waals surface area contributed by atoms with Crippen LogP contribution in [-0.2, 0) is 0 Å². The van der Waals surface area contributed by atoms with Gasteiger partial charge in [-0.15, -0.1) is 0 Å². The largest absolute Gasteiger partial charge is 0.388 e. The minimum absolute atomic E-state index is 0.690. The molecule has 0 radical (unpaired) electrons. The average molecular weight is 222 g/mol. The van der Waals surface area contributed by atoms with Gasteiger partial charge in [-0.3, -0.25) is 0 Å². The van der Waals surface area contributed by atoms with E-state index in [1.54, 1.807) is 0 Å². The summed E-state index contributed by atoms with van der Waals surface area (Å²) in [6, 6.07) is 16.1. The molecule has 0 saturated heterocycles. The number of benzene rings is 2. The Balaban J connectivity index is 2.42. The zero-order valence-corrected chi connectivity index (χ0v) is 9.99. The van der Waals surface area contributed by atoms with Crippen molar-refractivity contribution in [2.24, 2.45) is 0 Å². The maximum Gasteiger partial charge on any atom is 0.0991 e. The first-order chi connectivity index (χ1) is 8.24. The van der Waals surface area contributed by atoms with Crippen molar-refractivity contribution < 1.29 is 0 Å². The molecule has 2 aromatic rings. The molecule has 2 rings (SSSR count). The highest BCUT2D eigenvalue weighted by molar-refractivity contribution is 5.70. The molecule has 0 unspecified atom stereocenters. The number of nitrogens with zero attached hydrogens (tertiary/aromatic N) is 1. The second-order valence-corrected chi connectivity index (χ2v) is 3.97. The van der Waals surface area contributed by atoms with Crippen LogP contribution in [0.5, 0.6) is 0 Å². The summed E-state index contributed by atoms with van der Waals surface area (Å²) in [4.78, 5) is 0. The van der Waals surface area contributed by atoms with E-state index in [-0.39, 0.29) is 0 Å². The van der Waals surface area contributed by atoms with Gasteiger partial charge in [-0.25, -0.2) is 0 Å². The van der Waals surface area contributed by atoms with Gasteiger partial charge in [0.25, 0.3) is 0 Å². The topological polar surface area (TPSA) is 35.8 Å². The van der Waals surface area contributed by atoms with Crippen molar-refractivity contribution in [2.75, 3.05) is 12.4 Å². The normalized spacial score (nSPS) is 9.71. The van der Waals surface area contributed by atoms with E-state index in [0.717, 1.165) is 16.8 Å². The van der Waals surface area contributed by atoms with Gasteiger partial charge in [0.1, 0.15) is 0 Å². The van der Waals surface area contributed by atoms with Gasteiger partial charge >= 0.3 is 0 Å². The first-order valence-corrected chi connectivity index (χ1v) is 5.53. The molecule has 0 atom stereocenters. The first kappa shape index (κ1) is 11.2. The summed E-state index contributed by atoms with van der Waals surface area (Å²) in [5, 5.41) is 11.9. The van der Waals surface area contributed by atoms with E-state index >= 15 is 0 Å². The molecule has 0 aliphatic carbocycles. The van der Waals surface area contributed by atoms with E-state index in [1.165, 1.54) is 5.56 Å². The van der Waals surface area contributed by atoms with Gasteiger partial charge in [0.2, 0.25) is 0 Å². The van der Waals surface area contributed by atoms with Gasteiger partial charge in [-0.05, 0) is 41.8 Å². The Morgan fingerprint density at radius 3 is 2.24 bits per heavy atom. The van der Waals surface area contributed by atoms with Crippen LogP contribution in [-0.4, -0.2) is 7.05 Å². The molecular weight excluding hydrogens is 208 g/mol. The van der Waals surface area contributed by atoms with Crippen LogP contribution < -0.4 is 5.32 Å². The summed E-state index contributed by atoms with van der Waals surface area (Å²) < 4.78 is 0. The Hall–Kier alpha value is -2.27. The van der Waals surface area contributed by atoms with Crippen molar-refractivity contribution in [1.82, 2.24) is 0 Å². The van der Waals surface area contributed by atoms with Crippen molar-refractivity contribution in [3.05, 3.63) is 53.6 Å². The molecule has 2 nitrogen and oxygen atoms in total. The minimum atomic E-state index is 0.690. The number of hydrogen-bond acceptors (Lipinski definition) is 2. The molecule has 84 valence electrons. The van der Waals surface area contributed by atoms with E-state index in [1.807, 2.05) is 31.3 Å². The second kappa shape index (κ2) is 4.71. The number of aryl methyl sites for hydroxylation is 1. The number of hydrogen-bond donors (Lipinski definition) is 1. The molecule has 0 bridgehead atoms. The highest BCUT2D eigenvalue weighted by Crippen LogP contribution is 2.25. The van der Waals surface area contributed by atoms with Gasteiger partial charge in [0.15, 0.2) is 0 Å². The number of anilines is 1. The molecule has 0 aromatic heterocycles. The maximum atomic E-state index is 8.76. The zero-order chi connectivity index (χ0) is 12.3. The predicted octanol–water partition coefficient (Wildman–Crippen LogP) is 3.58. The van der Waals surface area contributed by atoms with Crippen molar-refractivity contribution in [3.8, 4) is 17.2 Å². The molecule has 0 fully saturated rings. The SMILES string of the molecule is CNc1cc(-c2ccc(C#N)cc2)ccc1C. The van der Waals surface area contributed by atoms with E-state index in [2.05, 4.69) is 36.5 Å². The van der Waals surface area contributed by atoms with Crippen molar-refractivity contribution in [3.63, 3.8) is 0 Å². The Kier molecular flexibility index (Phi) is 3.11. The van der Waals surface area contributed by atoms with Gasteiger partial charge in [-0.2, -0.15) is 5.26 Å². The smallest absolute Gasteiger partial charge is 0.0991 e. The Morgan fingerprint density at radius 2 is 1.65 bits per heavy atom. The fraction of sp³-hybridized carbons (Fsp3) is 0.133. The fourth-order valence-electron chi connectivity index (χ4n) is 1.81. The molecule has 0 heterocycles. The van der Waals surface area contributed by atoms with Crippen LogP contribution in [0.25, 0.3) is 11.1 Å². The lowest BCUT2D eigenvalue weighted by molar-refractivity contribution is 1.40. The molecule has 17 heavy (non-hydrogen) atoms. The molecule has 2 aromatic carbocycles. The average Bonchev–Trinajstić information content (AvgIpc) is 2.39. The van der Waals surface area contributed by atoms with Crippen LogP contribution in [0.1, 0.15) is 11.1 Å². The molecular formula is C15H14N2. The van der Waals surface area contributed by atoms with E-state index in [9.17, 15) is 0 Å². The lowest BCUT2D eigenvalue weighted by Crippen LogP contribution is -1.92. The predicted molar refractivity (Wildman–Crippen MR) is 70.9 cm³/mol. The van der Waals surface area contributed by atoms with Crippen LogP contribution in [0.3, 0.4) is 0 Å². The fourth-order valence-corrected chi connectivity index (χ4v) is 1.81. The van der Waals surface area contributed by atoms with Gasteiger partial charge < -0.3 is 5.32 Å². The standard InChI is InChI=1S/C15H14N2/c1-11-3-6-14(9-15(11)17-2)13-7-4-12(10-16)5-8-13/h3-9,17H,1-2H3. The summed E-state index contributed by atoms with van der Waals surface area (Å²) in [7, 11) is 1.92. The van der Waals surface area contributed by atoms with Crippen LogP contribution in [0, 0.1) is 18.3 Å². The number of nitriles is 1. The molecule has 2 heteroatoms. The highest BCUT2D eigenvalue weighted by Gasteiger charge is 2.01. The second-order valence-electron chi connectivity index (χ2n) is 3.97. The molecule has 1 N–H and O–H groups in total. The van der Waals surface area contributed by atoms with Crippen LogP contribution >= 0.6 is 0 Å². The van der Waals surface area contributed by atoms with Gasteiger partial charge in [0.05, 0.1) is 11.6 Å². The maximum absolute atomic E-state index is 8.76. The summed E-state index contributed by atoms with van der Waals surface area (Å²) in [6.07, 6.45) is 0. The third-order valence-corrected chi connectivity index (χ3v) is 2.85. The summed E-state index contributed by atoms with van der Waals surface area (Å²) in [5.74, 6) is 0. The first-order valence-electron chi connectivity index (χ1n) is 5.53. The minimum Gasteiger partial charge on any atom is -0.388 e. The van der Waals surface area contributed by atoms with E-state index < -0.39 is 0 Å². The zero-order valence-electron chi connectivity index (χ0n) is 9.99. The third kappa shape index (κ3) is 2.29. The third-order valence-electron chi connectivity index (χ3n) is 2.85. The highest BCUT2D eigenvalue weighted by atomic mass is 14.8. The molecule has 0 spiro atoms. The van der Waals surface area contributed by atoms with Crippen LogP contribution in [0.15, 0.2) is 42.5 Å².